The Morgan fingerprint density at radius 1 is 1.46 bits per heavy atom. The summed E-state index contributed by atoms with van der Waals surface area (Å²) in [6.45, 7) is 9.98. The summed E-state index contributed by atoms with van der Waals surface area (Å²) in [6.07, 6.45) is 3.92. The highest BCUT2D eigenvalue weighted by atomic mass is 16.5. The SMILES string of the molecule is CC(C)CN1CCOC(CNCc2cnc3ccc(C#N)cn23)C1. The molecule has 1 unspecified atom stereocenters. The van der Waals surface area contributed by atoms with Crippen LogP contribution in [0.3, 0.4) is 0 Å². The first-order valence-corrected chi connectivity index (χ1v) is 8.56. The summed E-state index contributed by atoms with van der Waals surface area (Å²) >= 11 is 0. The van der Waals surface area contributed by atoms with Crippen molar-refractivity contribution in [3.05, 3.63) is 35.8 Å². The summed E-state index contributed by atoms with van der Waals surface area (Å²) in [5.74, 6) is 0.684. The Morgan fingerprint density at radius 2 is 2.33 bits per heavy atom. The van der Waals surface area contributed by atoms with E-state index in [9.17, 15) is 0 Å². The van der Waals surface area contributed by atoms with E-state index in [1.807, 2.05) is 22.9 Å². The Balaban J connectivity index is 1.54. The summed E-state index contributed by atoms with van der Waals surface area (Å²) in [6, 6.07) is 5.83. The molecule has 1 fully saturated rings. The fourth-order valence-electron chi connectivity index (χ4n) is 3.18. The van der Waals surface area contributed by atoms with E-state index in [0.717, 1.165) is 44.1 Å². The fraction of sp³-hybridized carbons (Fsp3) is 0.556. The zero-order valence-corrected chi connectivity index (χ0v) is 14.4. The number of hydrogen-bond acceptors (Lipinski definition) is 5. The van der Waals surface area contributed by atoms with Crippen LogP contribution in [0, 0.1) is 17.2 Å². The van der Waals surface area contributed by atoms with Gasteiger partial charge in [0.25, 0.3) is 0 Å². The normalized spacial score (nSPS) is 19.0. The van der Waals surface area contributed by atoms with Crippen molar-refractivity contribution in [2.75, 3.05) is 32.8 Å². The molecule has 0 aromatic carbocycles. The van der Waals surface area contributed by atoms with Crippen molar-refractivity contribution in [1.29, 1.82) is 5.26 Å². The van der Waals surface area contributed by atoms with E-state index in [1.54, 1.807) is 6.07 Å². The number of morpholine rings is 1. The van der Waals surface area contributed by atoms with E-state index < -0.39 is 0 Å². The van der Waals surface area contributed by atoms with Crippen LogP contribution in [0.15, 0.2) is 24.5 Å². The van der Waals surface area contributed by atoms with E-state index in [2.05, 4.69) is 35.1 Å². The van der Waals surface area contributed by atoms with Crippen molar-refractivity contribution in [2.24, 2.45) is 5.92 Å². The molecule has 1 N–H and O–H groups in total. The Morgan fingerprint density at radius 3 is 3.12 bits per heavy atom. The number of nitrogens with one attached hydrogen (secondary N) is 1. The summed E-state index contributed by atoms with van der Waals surface area (Å²) in [5.41, 5.74) is 2.56. The van der Waals surface area contributed by atoms with Crippen LogP contribution < -0.4 is 5.32 Å². The number of imidazole rings is 1. The fourth-order valence-corrected chi connectivity index (χ4v) is 3.18. The molecule has 6 nitrogen and oxygen atoms in total. The molecule has 1 saturated heterocycles. The number of nitriles is 1. The molecule has 0 radical (unpaired) electrons. The third-order valence-electron chi connectivity index (χ3n) is 4.24. The standard InChI is InChI=1S/C18H25N5O/c1-14(2)11-22-5-6-24-17(13-22)10-20-8-16-9-21-18-4-3-15(7-19)12-23(16)18/h3-4,9,12,14,17,20H,5-6,8,10-11,13H2,1-2H3. The summed E-state index contributed by atoms with van der Waals surface area (Å²) in [7, 11) is 0. The highest BCUT2D eigenvalue weighted by Crippen LogP contribution is 2.10. The van der Waals surface area contributed by atoms with Gasteiger partial charge in [0.2, 0.25) is 0 Å². The number of nitrogens with zero attached hydrogens (tertiary/aromatic N) is 4. The van der Waals surface area contributed by atoms with E-state index in [0.29, 0.717) is 18.0 Å². The van der Waals surface area contributed by atoms with Crippen LogP contribution >= 0.6 is 0 Å². The lowest BCUT2D eigenvalue weighted by atomic mass is 10.2. The zero-order valence-electron chi connectivity index (χ0n) is 14.4. The van der Waals surface area contributed by atoms with Crippen LogP contribution in [0.2, 0.25) is 0 Å². The third kappa shape index (κ3) is 4.12. The Kier molecular flexibility index (Phi) is 5.46. The van der Waals surface area contributed by atoms with Crippen molar-refractivity contribution in [1.82, 2.24) is 19.6 Å². The maximum absolute atomic E-state index is 9.04. The number of pyridine rings is 1. The van der Waals surface area contributed by atoms with Gasteiger partial charge in [-0.1, -0.05) is 13.8 Å². The number of aromatic nitrogens is 2. The van der Waals surface area contributed by atoms with Gasteiger partial charge in [-0.3, -0.25) is 4.90 Å². The van der Waals surface area contributed by atoms with Crippen LogP contribution in [0.4, 0.5) is 0 Å². The van der Waals surface area contributed by atoms with Gasteiger partial charge in [0.1, 0.15) is 11.7 Å². The van der Waals surface area contributed by atoms with Gasteiger partial charge >= 0.3 is 0 Å². The lowest BCUT2D eigenvalue weighted by molar-refractivity contribution is -0.0303. The first-order chi connectivity index (χ1) is 11.7. The van der Waals surface area contributed by atoms with Gasteiger partial charge in [0.15, 0.2) is 0 Å². The molecule has 128 valence electrons. The maximum atomic E-state index is 9.04. The Labute approximate surface area is 143 Å². The highest BCUT2D eigenvalue weighted by molar-refractivity contribution is 5.44. The molecule has 24 heavy (non-hydrogen) atoms. The monoisotopic (exact) mass is 327 g/mol. The molecule has 2 aromatic heterocycles. The second kappa shape index (κ2) is 7.75. The maximum Gasteiger partial charge on any atom is 0.137 e. The minimum atomic E-state index is 0.228. The van der Waals surface area contributed by atoms with Crippen molar-refractivity contribution in [2.45, 2.75) is 26.5 Å². The van der Waals surface area contributed by atoms with E-state index in [-0.39, 0.29) is 6.10 Å². The molecule has 3 heterocycles. The molecule has 1 atom stereocenters. The first kappa shape index (κ1) is 16.9. The third-order valence-corrected chi connectivity index (χ3v) is 4.24. The Bertz CT molecular complexity index is 718. The van der Waals surface area contributed by atoms with Crippen LogP contribution in [-0.4, -0.2) is 53.2 Å². The molecule has 2 aromatic rings. The highest BCUT2D eigenvalue weighted by Gasteiger charge is 2.20. The van der Waals surface area contributed by atoms with Crippen LogP contribution in [0.5, 0.6) is 0 Å². The van der Waals surface area contributed by atoms with Crippen molar-refractivity contribution in [3.63, 3.8) is 0 Å². The molecule has 0 saturated carbocycles. The van der Waals surface area contributed by atoms with E-state index in [4.69, 9.17) is 10.00 Å². The van der Waals surface area contributed by atoms with Gasteiger partial charge in [-0.15, -0.1) is 0 Å². The molecule has 0 aliphatic carbocycles. The number of ether oxygens (including phenoxy) is 1. The smallest absolute Gasteiger partial charge is 0.137 e. The largest absolute Gasteiger partial charge is 0.374 e. The van der Waals surface area contributed by atoms with Gasteiger partial charge in [-0.2, -0.15) is 5.26 Å². The lowest BCUT2D eigenvalue weighted by Crippen LogP contribution is -2.47. The van der Waals surface area contributed by atoms with Crippen LogP contribution in [0.25, 0.3) is 5.65 Å². The molecular formula is C18H25N5O. The minimum absolute atomic E-state index is 0.228. The predicted molar refractivity (Wildman–Crippen MR) is 92.6 cm³/mol. The van der Waals surface area contributed by atoms with Gasteiger partial charge in [-0.25, -0.2) is 4.98 Å². The van der Waals surface area contributed by atoms with Crippen molar-refractivity contribution >= 4 is 5.65 Å². The summed E-state index contributed by atoms with van der Waals surface area (Å²) < 4.78 is 7.83. The Hall–Kier alpha value is -1.94. The van der Waals surface area contributed by atoms with Gasteiger partial charge < -0.3 is 14.5 Å². The number of rotatable bonds is 6. The van der Waals surface area contributed by atoms with Gasteiger partial charge in [0.05, 0.1) is 30.2 Å². The first-order valence-electron chi connectivity index (χ1n) is 8.56. The number of fused-ring (bicyclic) bond motifs is 1. The summed E-state index contributed by atoms with van der Waals surface area (Å²) in [5, 5.41) is 12.5. The summed E-state index contributed by atoms with van der Waals surface area (Å²) in [4.78, 5) is 6.86. The zero-order chi connectivity index (χ0) is 16.9. The molecule has 1 aliphatic heterocycles. The minimum Gasteiger partial charge on any atom is -0.374 e. The molecule has 0 amide bonds. The van der Waals surface area contributed by atoms with Crippen molar-refractivity contribution in [3.8, 4) is 6.07 Å². The van der Waals surface area contributed by atoms with Gasteiger partial charge in [-0.05, 0) is 18.1 Å². The number of hydrogen-bond donors (Lipinski definition) is 1. The van der Waals surface area contributed by atoms with E-state index in [1.165, 1.54) is 0 Å². The predicted octanol–water partition coefficient (Wildman–Crippen LogP) is 1.65. The van der Waals surface area contributed by atoms with Crippen LogP contribution in [0.1, 0.15) is 25.1 Å². The molecule has 6 heteroatoms. The van der Waals surface area contributed by atoms with E-state index >= 15 is 0 Å². The second-order valence-electron chi connectivity index (χ2n) is 6.78. The molecular weight excluding hydrogens is 302 g/mol. The molecule has 0 spiro atoms. The molecule has 1 aliphatic rings. The molecule has 0 bridgehead atoms. The van der Waals surface area contributed by atoms with Gasteiger partial charge in [0, 0.05) is 38.9 Å². The lowest BCUT2D eigenvalue weighted by Gasteiger charge is -2.34. The second-order valence-corrected chi connectivity index (χ2v) is 6.78. The average Bonchev–Trinajstić information content (AvgIpc) is 2.97. The van der Waals surface area contributed by atoms with Crippen molar-refractivity contribution < 1.29 is 4.74 Å². The molecule has 3 rings (SSSR count). The average molecular weight is 327 g/mol. The topological polar surface area (TPSA) is 65.6 Å². The van der Waals surface area contributed by atoms with Crippen LogP contribution in [-0.2, 0) is 11.3 Å². The quantitative estimate of drug-likeness (QED) is 0.874.